The average molecular weight is 650 g/mol. The molecule has 11 heteroatoms. The number of rotatable bonds is 7. The van der Waals surface area contributed by atoms with Gasteiger partial charge in [0, 0.05) is 32.2 Å². The molecule has 0 aromatic heterocycles. The summed E-state index contributed by atoms with van der Waals surface area (Å²) in [5.41, 5.74) is 3.16. The quantitative estimate of drug-likeness (QED) is 0.346. The fourth-order valence-electron chi connectivity index (χ4n) is 6.40. The molecule has 7 nitrogen and oxygen atoms in total. The van der Waals surface area contributed by atoms with Gasteiger partial charge in [0.15, 0.2) is 6.29 Å². The number of aryl methyl sites for hydroxylation is 1. The Hall–Kier alpha value is -2.31. The Balaban J connectivity index is 0.000000309. The first-order valence-corrected chi connectivity index (χ1v) is 17.4. The summed E-state index contributed by atoms with van der Waals surface area (Å²) in [7, 11) is -1.28. The number of ether oxygens (including phenoxy) is 1. The highest BCUT2D eigenvalue weighted by Gasteiger charge is 2.47. The Morgan fingerprint density at radius 3 is 2.22 bits per heavy atom. The van der Waals surface area contributed by atoms with E-state index >= 15 is 0 Å². The first-order chi connectivity index (χ1) is 21.6. The van der Waals surface area contributed by atoms with Gasteiger partial charge in [0.25, 0.3) is 5.91 Å². The lowest BCUT2D eigenvalue weighted by Gasteiger charge is -2.42. The van der Waals surface area contributed by atoms with Crippen LogP contribution in [0.3, 0.4) is 0 Å². The minimum absolute atomic E-state index is 0.131. The minimum Gasteiger partial charge on any atom is -0.350 e. The number of hydroxylamine groups is 1. The number of hydrogen-bond acceptors (Lipinski definition) is 5. The Kier molecular flexibility index (Phi) is 11.4. The van der Waals surface area contributed by atoms with E-state index in [1.807, 2.05) is 24.3 Å². The Bertz CT molecular complexity index is 1280. The van der Waals surface area contributed by atoms with Crippen molar-refractivity contribution in [3.63, 3.8) is 0 Å². The van der Waals surface area contributed by atoms with Crippen LogP contribution in [0.5, 0.6) is 0 Å². The smallest absolute Gasteiger partial charge is 0.350 e. The van der Waals surface area contributed by atoms with Crippen molar-refractivity contribution in [3.8, 4) is 0 Å². The molecule has 3 aliphatic heterocycles. The van der Waals surface area contributed by atoms with Gasteiger partial charge in [-0.2, -0.15) is 13.2 Å². The van der Waals surface area contributed by atoms with E-state index in [9.17, 15) is 22.2 Å². The second kappa shape index (κ2) is 15.1. The van der Waals surface area contributed by atoms with Crippen molar-refractivity contribution < 1.29 is 31.7 Å². The molecule has 2 unspecified atom stereocenters. The molecule has 2 atom stereocenters. The number of alkyl halides is 3. The summed E-state index contributed by atoms with van der Waals surface area (Å²) in [5, 5.41) is 0. The summed E-state index contributed by atoms with van der Waals surface area (Å²) in [4.78, 5) is 22.9. The third kappa shape index (κ3) is 8.74. The zero-order chi connectivity index (χ0) is 32.0. The van der Waals surface area contributed by atoms with Crippen molar-refractivity contribution >= 4 is 16.9 Å². The van der Waals surface area contributed by atoms with E-state index in [2.05, 4.69) is 21.6 Å². The molecular weight excluding hydrogens is 603 g/mol. The van der Waals surface area contributed by atoms with Crippen LogP contribution in [0, 0.1) is 12.8 Å². The van der Waals surface area contributed by atoms with E-state index in [4.69, 9.17) is 9.57 Å². The second-order valence-corrected chi connectivity index (χ2v) is 14.4. The van der Waals surface area contributed by atoms with Crippen LogP contribution in [0.25, 0.3) is 0 Å². The normalized spacial score (nSPS) is 23.9. The zero-order valence-electron chi connectivity index (χ0n) is 26.3. The van der Waals surface area contributed by atoms with Crippen LogP contribution in [0.1, 0.15) is 81.4 Å². The topological polar surface area (TPSA) is 71.1 Å². The fourth-order valence-corrected chi connectivity index (χ4v) is 7.86. The minimum atomic E-state index is -4.21. The molecule has 1 amide bonds. The first kappa shape index (κ1) is 34.0. The zero-order valence-corrected chi connectivity index (χ0v) is 27.1. The van der Waals surface area contributed by atoms with Crippen molar-refractivity contribution in [1.29, 1.82) is 0 Å². The number of benzene rings is 2. The largest absolute Gasteiger partial charge is 0.416 e. The number of hydrogen-bond donors (Lipinski definition) is 1. The van der Waals surface area contributed by atoms with Gasteiger partial charge < -0.3 is 9.64 Å². The molecule has 4 aliphatic rings. The molecule has 0 spiro atoms. The highest BCUT2D eigenvalue weighted by atomic mass is 32.2. The number of carbonyl (C=O) groups excluding carboxylic acids is 1. The lowest BCUT2D eigenvalue weighted by atomic mass is 9.72. The number of nitrogens with zero attached hydrogens (tertiary/aromatic N) is 2. The molecule has 3 heterocycles. The first-order valence-electron chi connectivity index (χ1n) is 16.3. The van der Waals surface area contributed by atoms with Crippen LogP contribution in [0.4, 0.5) is 13.2 Å². The van der Waals surface area contributed by atoms with Gasteiger partial charge in [-0.05, 0) is 101 Å². The lowest BCUT2D eigenvalue weighted by Crippen LogP contribution is -2.53. The lowest BCUT2D eigenvalue weighted by molar-refractivity contribution is -0.203. The summed E-state index contributed by atoms with van der Waals surface area (Å²) in [6.07, 6.45) is 4.30. The van der Waals surface area contributed by atoms with Gasteiger partial charge >= 0.3 is 6.18 Å². The molecule has 1 aliphatic carbocycles. The molecule has 2 aromatic carbocycles. The van der Waals surface area contributed by atoms with Gasteiger partial charge in [0.05, 0.1) is 15.9 Å². The van der Waals surface area contributed by atoms with Crippen LogP contribution in [0.2, 0.25) is 0 Å². The maximum atomic E-state index is 13.8. The number of likely N-dealkylation sites (tertiary alicyclic amines) is 1. The molecule has 1 saturated carbocycles. The molecule has 6 rings (SSSR count). The van der Waals surface area contributed by atoms with Gasteiger partial charge in [-0.25, -0.2) is 18.8 Å². The van der Waals surface area contributed by atoms with Crippen molar-refractivity contribution in [2.24, 2.45) is 5.92 Å². The highest BCUT2D eigenvalue weighted by Crippen LogP contribution is 2.42. The van der Waals surface area contributed by atoms with Crippen LogP contribution < -0.4 is 5.48 Å². The van der Waals surface area contributed by atoms with Crippen molar-refractivity contribution in [2.75, 3.05) is 32.8 Å². The van der Waals surface area contributed by atoms with Crippen LogP contribution >= 0.6 is 0 Å². The van der Waals surface area contributed by atoms with Crippen molar-refractivity contribution in [2.45, 2.75) is 100 Å². The number of halogens is 3. The van der Waals surface area contributed by atoms with Gasteiger partial charge in [-0.15, -0.1) is 0 Å². The van der Waals surface area contributed by atoms with Crippen molar-refractivity contribution in [3.05, 3.63) is 65.2 Å². The monoisotopic (exact) mass is 649 g/mol. The van der Waals surface area contributed by atoms with E-state index in [0.717, 1.165) is 86.4 Å². The molecular formula is C34H46F3N3O4S. The van der Waals surface area contributed by atoms with E-state index in [-0.39, 0.29) is 12.2 Å². The van der Waals surface area contributed by atoms with Gasteiger partial charge in [-0.1, -0.05) is 42.8 Å². The summed E-state index contributed by atoms with van der Waals surface area (Å²) in [6, 6.07) is 13.6. The highest BCUT2D eigenvalue weighted by molar-refractivity contribution is 7.82. The molecule has 0 bridgehead atoms. The standard InChI is InChI=1S/C26H39N3O4S.C8H7F3/c1-20-11-15-29(16-12-20)34(31)23-7-3-2-6-22(23)26(13-17-28(18-14-26)21-9-10-21)25(30)27-33-24-8-4-5-19-32-24;1-6-2-4-7(5-3-6)8(9,10)11/h2-3,6-7,20-21,24H,4-5,8-19H2,1H3,(H,27,30);2-5H,1H3. The summed E-state index contributed by atoms with van der Waals surface area (Å²) in [5.74, 6) is 0.542. The number of nitrogens with one attached hydrogen (secondary N) is 1. The Labute approximate surface area is 267 Å². The maximum absolute atomic E-state index is 13.8. The molecule has 4 fully saturated rings. The third-order valence-corrected chi connectivity index (χ3v) is 11.1. The number of carbonyl (C=O) groups is 1. The Morgan fingerprint density at radius 2 is 1.62 bits per heavy atom. The molecule has 3 saturated heterocycles. The number of piperidine rings is 2. The third-order valence-electron chi connectivity index (χ3n) is 9.52. The van der Waals surface area contributed by atoms with Gasteiger partial charge in [0.1, 0.15) is 11.0 Å². The van der Waals surface area contributed by atoms with Crippen LogP contribution in [0.15, 0.2) is 53.4 Å². The van der Waals surface area contributed by atoms with E-state index < -0.39 is 28.1 Å². The van der Waals surface area contributed by atoms with Crippen LogP contribution in [-0.2, 0) is 36.9 Å². The van der Waals surface area contributed by atoms with Gasteiger partial charge in [0.2, 0.25) is 0 Å². The summed E-state index contributed by atoms with van der Waals surface area (Å²) in [6.45, 7) is 8.09. The average Bonchev–Trinajstić information content (AvgIpc) is 3.90. The molecule has 2 aromatic rings. The molecule has 45 heavy (non-hydrogen) atoms. The predicted octanol–water partition coefficient (Wildman–Crippen LogP) is 6.53. The number of amides is 1. The molecule has 248 valence electrons. The summed E-state index contributed by atoms with van der Waals surface area (Å²) < 4.78 is 57.3. The van der Waals surface area contributed by atoms with Crippen LogP contribution in [-0.4, -0.2) is 64.4 Å². The SMILES string of the molecule is CC1CCN(S(=O)c2ccccc2C2(C(=O)NOC3CCCCO3)CCN(C3CC3)CC2)CC1.Cc1ccc(C(F)(F)F)cc1. The maximum Gasteiger partial charge on any atom is 0.416 e. The van der Waals surface area contributed by atoms with E-state index in [1.54, 1.807) is 6.92 Å². The van der Waals surface area contributed by atoms with E-state index in [1.165, 1.54) is 25.0 Å². The summed E-state index contributed by atoms with van der Waals surface area (Å²) >= 11 is 0. The van der Waals surface area contributed by atoms with E-state index in [0.29, 0.717) is 31.4 Å². The predicted molar refractivity (Wildman–Crippen MR) is 167 cm³/mol. The van der Waals surface area contributed by atoms with Crippen molar-refractivity contribution in [1.82, 2.24) is 14.7 Å². The Morgan fingerprint density at radius 1 is 0.956 bits per heavy atom. The van der Waals surface area contributed by atoms with Gasteiger partial charge in [-0.3, -0.25) is 4.79 Å². The molecule has 1 N–H and O–H groups in total. The second-order valence-electron chi connectivity index (χ2n) is 12.9. The molecule has 0 radical (unpaired) electrons. The fraction of sp³-hybridized carbons (Fsp3) is 0.618.